The second-order valence-corrected chi connectivity index (χ2v) is 10.3. The highest BCUT2D eigenvalue weighted by Gasteiger charge is 2.35. The number of piperazine rings is 1. The molecule has 0 aliphatic carbocycles. The molecule has 1 aromatic carbocycles. The summed E-state index contributed by atoms with van der Waals surface area (Å²) in [5, 5.41) is 8.60. The van der Waals surface area contributed by atoms with Crippen molar-refractivity contribution in [3.05, 3.63) is 47.4 Å². The first-order valence-corrected chi connectivity index (χ1v) is 11.8. The maximum Gasteiger partial charge on any atom is 0.154 e. The first-order valence-electron chi connectivity index (χ1n) is 10.0. The number of hydrogen-bond donors (Lipinski definition) is 0. The predicted molar refractivity (Wildman–Crippen MR) is 109 cm³/mol. The van der Waals surface area contributed by atoms with Crippen LogP contribution in [0.25, 0.3) is 0 Å². The number of aryl methyl sites for hydroxylation is 1. The van der Waals surface area contributed by atoms with Gasteiger partial charge in [-0.15, -0.1) is 5.10 Å². The molecule has 0 saturated carbocycles. The van der Waals surface area contributed by atoms with E-state index in [9.17, 15) is 12.8 Å². The van der Waals surface area contributed by atoms with Crippen LogP contribution in [-0.4, -0.2) is 74.6 Å². The van der Waals surface area contributed by atoms with Crippen LogP contribution in [0.1, 0.15) is 11.3 Å². The van der Waals surface area contributed by atoms with Crippen molar-refractivity contribution < 1.29 is 12.8 Å². The Morgan fingerprint density at radius 2 is 1.69 bits per heavy atom. The molecule has 154 valence electrons. The quantitative estimate of drug-likeness (QED) is 0.741. The standard InChI is InChI=1S/C20H24FN5O2S/c21-16-1-3-17(4-2-16)24-6-8-25(9-7-24)18-12-26(13-18)20-11-15-14-29(27,28)10-5-19(15)22-23-20/h1-4,11,18H,5-10,12-14H2. The van der Waals surface area contributed by atoms with Gasteiger partial charge in [0, 0.05) is 57.4 Å². The average molecular weight is 418 g/mol. The van der Waals surface area contributed by atoms with Crippen molar-refractivity contribution in [2.24, 2.45) is 0 Å². The van der Waals surface area contributed by atoms with Gasteiger partial charge in [0.25, 0.3) is 0 Å². The summed E-state index contributed by atoms with van der Waals surface area (Å²) >= 11 is 0. The van der Waals surface area contributed by atoms with E-state index in [-0.39, 0.29) is 17.3 Å². The lowest BCUT2D eigenvalue weighted by Gasteiger charge is -2.48. The van der Waals surface area contributed by atoms with Crippen LogP contribution in [0, 0.1) is 5.82 Å². The molecule has 7 nitrogen and oxygen atoms in total. The number of benzene rings is 1. The van der Waals surface area contributed by atoms with Gasteiger partial charge in [0.1, 0.15) is 5.82 Å². The highest BCUT2D eigenvalue weighted by molar-refractivity contribution is 7.90. The predicted octanol–water partition coefficient (Wildman–Crippen LogP) is 1.10. The van der Waals surface area contributed by atoms with Gasteiger partial charge in [-0.1, -0.05) is 0 Å². The van der Waals surface area contributed by atoms with Crippen LogP contribution in [0.2, 0.25) is 0 Å². The molecule has 0 radical (unpaired) electrons. The molecule has 5 rings (SSSR count). The number of aromatic nitrogens is 2. The van der Waals surface area contributed by atoms with E-state index in [0.717, 1.165) is 62.0 Å². The lowest BCUT2D eigenvalue weighted by molar-refractivity contribution is 0.156. The van der Waals surface area contributed by atoms with Gasteiger partial charge in [-0.2, -0.15) is 5.10 Å². The number of anilines is 2. The van der Waals surface area contributed by atoms with Crippen LogP contribution >= 0.6 is 0 Å². The van der Waals surface area contributed by atoms with Crippen molar-refractivity contribution in [3.8, 4) is 0 Å². The van der Waals surface area contributed by atoms with Crippen LogP contribution in [0.15, 0.2) is 30.3 Å². The Labute approximate surface area is 170 Å². The summed E-state index contributed by atoms with van der Waals surface area (Å²) in [4.78, 5) is 6.96. The van der Waals surface area contributed by atoms with E-state index in [0.29, 0.717) is 12.5 Å². The minimum atomic E-state index is -3.01. The topological polar surface area (TPSA) is 69.6 Å². The lowest BCUT2D eigenvalue weighted by Crippen LogP contribution is -2.63. The summed E-state index contributed by atoms with van der Waals surface area (Å²) in [5.74, 6) is 0.823. The molecule has 29 heavy (non-hydrogen) atoms. The largest absolute Gasteiger partial charge is 0.369 e. The van der Waals surface area contributed by atoms with Crippen LogP contribution in [0.5, 0.6) is 0 Å². The molecule has 9 heteroatoms. The van der Waals surface area contributed by atoms with Crippen LogP contribution < -0.4 is 9.80 Å². The minimum Gasteiger partial charge on any atom is -0.369 e. The Kier molecular flexibility index (Phi) is 4.66. The van der Waals surface area contributed by atoms with E-state index in [2.05, 4.69) is 24.9 Å². The maximum atomic E-state index is 13.1. The smallest absolute Gasteiger partial charge is 0.154 e. The second kappa shape index (κ2) is 7.21. The molecule has 0 atom stereocenters. The Morgan fingerprint density at radius 3 is 2.41 bits per heavy atom. The summed E-state index contributed by atoms with van der Waals surface area (Å²) in [5.41, 5.74) is 2.69. The van der Waals surface area contributed by atoms with Crippen molar-refractivity contribution in [2.45, 2.75) is 18.2 Å². The van der Waals surface area contributed by atoms with Gasteiger partial charge >= 0.3 is 0 Å². The fourth-order valence-corrected chi connectivity index (χ4v) is 5.74. The van der Waals surface area contributed by atoms with Gasteiger partial charge < -0.3 is 9.80 Å². The zero-order valence-corrected chi connectivity index (χ0v) is 17.0. The molecule has 0 amide bonds. The number of sulfone groups is 1. The van der Waals surface area contributed by atoms with E-state index >= 15 is 0 Å². The summed E-state index contributed by atoms with van der Waals surface area (Å²) < 4.78 is 36.9. The summed E-state index contributed by atoms with van der Waals surface area (Å²) in [6, 6.07) is 9.08. The molecule has 2 saturated heterocycles. The van der Waals surface area contributed by atoms with Gasteiger partial charge in [0.2, 0.25) is 0 Å². The Balaban J connectivity index is 1.17. The van der Waals surface area contributed by atoms with Gasteiger partial charge in [-0.25, -0.2) is 12.8 Å². The highest BCUT2D eigenvalue weighted by Crippen LogP contribution is 2.27. The molecule has 2 aromatic rings. The molecule has 4 heterocycles. The number of fused-ring (bicyclic) bond motifs is 1. The van der Waals surface area contributed by atoms with Crippen molar-refractivity contribution >= 4 is 21.3 Å². The fraction of sp³-hybridized carbons (Fsp3) is 0.500. The number of rotatable bonds is 3. The van der Waals surface area contributed by atoms with Gasteiger partial charge in [0.05, 0.1) is 17.2 Å². The first-order chi connectivity index (χ1) is 14.0. The fourth-order valence-electron chi connectivity index (χ4n) is 4.37. The molecule has 3 aliphatic rings. The lowest BCUT2D eigenvalue weighted by atomic mass is 10.1. The maximum absolute atomic E-state index is 13.1. The van der Waals surface area contributed by atoms with Crippen LogP contribution in [0.3, 0.4) is 0 Å². The molecule has 0 N–H and O–H groups in total. The third kappa shape index (κ3) is 3.81. The van der Waals surface area contributed by atoms with E-state index in [4.69, 9.17) is 0 Å². The van der Waals surface area contributed by atoms with Crippen molar-refractivity contribution in [1.29, 1.82) is 0 Å². The van der Waals surface area contributed by atoms with Crippen LogP contribution in [-0.2, 0) is 22.0 Å². The van der Waals surface area contributed by atoms with Gasteiger partial charge in [0.15, 0.2) is 15.7 Å². The zero-order valence-electron chi connectivity index (χ0n) is 16.2. The number of hydrogen-bond acceptors (Lipinski definition) is 7. The normalized spacial score (nSPS) is 22.2. The highest BCUT2D eigenvalue weighted by atomic mass is 32.2. The molecule has 0 bridgehead atoms. The minimum absolute atomic E-state index is 0.0769. The second-order valence-electron chi connectivity index (χ2n) is 8.07. The average Bonchev–Trinajstić information content (AvgIpc) is 2.67. The van der Waals surface area contributed by atoms with E-state index in [1.54, 1.807) is 0 Å². The van der Waals surface area contributed by atoms with E-state index < -0.39 is 9.84 Å². The SMILES string of the molecule is O=S1(=O)CCc2nnc(N3CC(N4CCN(c5ccc(F)cc5)CC4)C3)cc2C1. The number of nitrogens with zero attached hydrogens (tertiary/aromatic N) is 5. The van der Waals surface area contributed by atoms with Gasteiger partial charge in [-0.3, -0.25) is 4.90 Å². The Morgan fingerprint density at radius 1 is 0.966 bits per heavy atom. The zero-order chi connectivity index (χ0) is 20.0. The number of halogens is 1. The summed E-state index contributed by atoms with van der Waals surface area (Å²) in [6.45, 7) is 5.58. The van der Waals surface area contributed by atoms with Crippen molar-refractivity contribution in [1.82, 2.24) is 15.1 Å². The molecule has 0 spiro atoms. The molecule has 0 unspecified atom stereocenters. The molecular formula is C20H24FN5O2S. The first kappa shape index (κ1) is 18.7. The Hall–Kier alpha value is -2.26. The van der Waals surface area contributed by atoms with E-state index in [1.165, 1.54) is 12.1 Å². The summed E-state index contributed by atoms with van der Waals surface area (Å²) in [7, 11) is -3.01. The molecular weight excluding hydrogens is 393 g/mol. The van der Waals surface area contributed by atoms with Crippen molar-refractivity contribution in [2.75, 3.05) is 54.8 Å². The summed E-state index contributed by atoms with van der Waals surface area (Å²) in [6.07, 6.45) is 0.464. The molecule has 1 aromatic heterocycles. The molecule has 3 aliphatic heterocycles. The molecule has 2 fully saturated rings. The monoisotopic (exact) mass is 417 g/mol. The van der Waals surface area contributed by atoms with Crippen molar-refractivity contribution in [3.63, 3.8) is 0 Å². The van der Waals surface area contributed by atoms with Gasteiger partial charge in [-0.05, 0) is 35.9 Å². The van der Waals surface area contributed by atoms with E-state index in [1.807, 2.05) is 18.2 Å². The van der Waals surface area contributed by atoms with Crippen LogP contribution in [0.4, 0.5) is 15.9 Å². The third-order valence-corrected chi connectivity index (χ3v) is 7.76. The third-order valence-electron chi connectivity index (χ3n) is 6.18. The Bertz CT molecular complexity index is 1000.